The van der Waals surface area contributed by atoms with E-state index in [1.165, 1.54) is 12.1 Å². The van der Waals surface area contributed by atoms with Crippen LogP contribution in [0.15, 0.2) is 48.8 Å². The van der Waals surface area contributed by atoms with Gasteiger partial charge in [-0.2, -0.15) is 0 Å². The molecule has 0 spiro atoms. The first-order valence-electron chi connectivity index (χ1n) is 7.43. The molecule has 0 bridgehead atoms. The molecule has 1 amide bonds. The highest BCUT2D eigenvalue weighted by Crippen LogP contribution is 2.19. The molecular formula is C18H17FN4O. The highest BCUT2D eigenvalue weighted by molar-refractivity contribution is 6.07. The number of aromatic nitrogens is 2. The van der Waals surface area contributed by atoms with E-state index in [0.29, 0.717) is 5.69 Å². The molecule has 1 aromatic heterocycles. The van der Waals surface area contributed by atoms with Crippen molar-refractivity contribution in [1.82, 2.24) is 9.55 Å². The van der Waals surface area contributed by atoms with Crippen LogP contribution in [0.4, 0.5) is 15.8 Å². The fourth-order valence-corrected chi connectivity index (χ4v) is 2.39. The molecule has 24 heavy (non-hydrogen) atoms. The molecule has 0 saturated carbocycles. The van der Waals surface area contributed by atoms with Crippen LogP contribution in [0.2, 0.25) is 0 Å². The van der Waals surface area contributed by atoms with Gasteiger partial charge in [0.2, 0.25) is 0 Å². The van der Waals surface area contributed by atoms with E-state index in [4.69, 9.17) is 5.73 Å². The molecule has 6 heteroatoms. The molecule has 0 atom stereocenters. The number of nitrogens with two attached hydrogens (primary N) is 1. The van der Waals surface area contributed by atoms with E-state index in [-0.39, 0.29) is 11.3 Å². The molecule has 2 aromatic carbocycles. The summed E-state index contributed by atoms with van der Waals surface area (Å²) in [6, 6.07) is 11.0. The lowest BCUT2D eigenvalue weighted by Gasteiger charge is -2.10. The fourth-order valence-electron chi connectivity index (χ4n) is 2.39. The topological polar surface area (TPSA) is 72.9 Å². The Bertz CT molecular complexity index is 900. The van der Waals surface area contributed by atoms with Crippen molar-refractivity contribution in [3.63, 3.8) is 0 Å². The number of rotatable bonds is 3. The van der Waals surface area contributed by atoms with Crippen LogP contribution in [-0.4, -0.2) is 15.5 Å². The first kappa shape index (κ1) is 15.7. The number of aryl methyl sites for hydroxylation is 1. The predicted octanol–water partition coefficient (Wildman–Crippen LogP) is 3.46. The lowest BCUT2D eigenvalue weighted by molar-refractivity contribution is 0.102. The number of nitrogens with zero attached hydrogens (tertiary/aromatic N) is 2. The van der Waals surface area contributed by atoms with E-state index in [1.807, 2.05) is 30.5 Å². The van der Waals surface area contributed by atoms with Crippen LogP contribution >= 0.6 is 0 Å². The fraction of sp³-hybridized carbons (Fsp3) is 0.111. The van der Waals surface area contributed by atoms with Gasteiger partial charge in [-0.15, -0.1) is 0 Å². The number of hydrogen-bond acceptors (Lipinski definition) is 3. The number of amides is 1. The smallest absolute Gasteiger partial charge is 0.257 e. The number of anilines is 2. The Balaban J connectivity index is 1.80. The highest BCUT2D eigenvalue weighted by Gasteiger charge is 2.11. The van der Waals surface area contributed by atoms with Gasteiger partial charge in [0.15, 0.2) is 0 Å². The maximum absolute atomic E-state index is 13.3. The second-order valence-electron chi connectivity index (χ2n) is 5.52. The lowest BCUT2D eigenvalue weighted by atomic mass is 10.1. The zero-order valence-electron chi connectivity index (χ0n) is 13.4. The standard InChI is InChI=1S/C18H17FN4O/c1-11-12(2)23(10-21-11)15-6-4-14(5-7-15)22-18(24)16-9-13(19)3-8-17(16)20/h3-10H,20H2,1-2H3,(H,22,24). The van der Waals surface area contributed by atoms with E-state index in [9.17, 15) is 9.18 Å². The summed E-state index contributed by atoms with van der Waals surface area (Å²) in [7, 11) is 0. The van der Waals surface area contributed by atoms with E-state index in [2.05, 4.69) is 10.3 Å². The van der Waals surface area contributed by atoms with Gasteiger partial charge in [0, 0.05) is 22.8 Å². The molecule has 122 valence electrons. The minimum atomic E-state index is -0.504. The first-order valence-corrected chi connectivity index (χ1v) is 7.43. The van der Waals surface area contributed by atoms with Gasteiger partial charge in [-0.1, -0.05) is 0 Å². The zero-order valence-corrected chi connectivity index (χ0v) is 13.4. The van der Waals surface area contributed by atoms with Crippen molar-refractivity contribution in [3.8, 4) is 5.69 Å². The van der Waals surface area contributed by atoms with Gasteiger partial charge in [-0.3, -0.25) is 4.79 Å². The molecule has 0 aliphatic rings. The van der Waals surface area contributed by atoms with Crippen LogP contribution in [0, 0.1) is 19.7 Å². The molecule has 1 heterocycles. The number of carbonyl (C=O) groups is 1. The maximum atomic E-state index is 13.3. The van der Waals surface area contributed by atoms with Crippen molar-refractivity contribution in [2.45, 2.75) is 13.8 Å². The number of nitrogens with one attached hydrogen (secondary N) is 1. The summed E-state index contributed by atoms with van der Waals surface area (Å²) in [5, 5.41) is 2.71. The molecule has 0 aliphatic heterocycles. The molecule has 0 aliphatic carbocycles. The summed E-state index contributed by atoms with van der Waals surface area (Å²) in [5.74, 6) is -0.954. The SMILES string of the molecule is Cc1ncn(-c2ccc(NC(=O)c3cc(F)ccc3N)cc2)c1C. The highest BCUT2D eigenvalue weighted by atomic mass is 19.1. The third-order valence-electron chi connectivity index (χ3n) is 3.92. The largest absolute Gasteiger partial charge is 0.398 e. The van der Waals surface area contributed by atoms with Crippen molar-refractivity contribution in [1.29, 1.82) is 0 Å². The second-order valence-corrected chi connectivity index (χ2v) is 5.52. The Hall–Kier alpha value is -3.15. The normalized spacial score (nSPS) is 10.6. The van der Waals surface area contributed by atoms with Gasteiger partial charge in [-0.25, -0.2) is 9.37 Å². The van der Waals surface area contributed by atoms with Crippen LogP contribution in [-0.2, 0) is 0 Å². The average molecular weight is 324 g/mol. The average Bonchev–Trinajstić information content (AvgIpc) is 2.90. The lowest BCUT2D eigenvalue weighted by Crippen LogP contribution is -2.14. The molecule has 0 fully saturated rings. The van der Waals surface area contributed by atoms with Crippen molar-refractivity contribution < 1.29 is 9.18 Å². The van der Waals surface area contributed by atoms with Crippen molar-refractivity contribution in [2.75, 3.05) is 11.1 Å². The zero-order chi connectivity index (χ0) is 17.3. The summed E-state index contributed by atoms with van der Waals surface area (Å²) in [4.78, 5) is 16.5. The molecule has 5 nitrogen and oxygen atoms in total. The quantitative estimate of drug-likeness (QED) is 0.725. The van der Waals surface area contributed by atoms with E-state index in [0.717, 1.165) is 23.1 Å². The van der Waals surface area contributed by atoms with Gasteiger partial charge < -0.3 is 15.6 Å². The van der Waals surface area contributed by atoms with Gasteiger partial charge in [-0.05, 0) is 56.3 Å². The monoisotopic (exact) mass is 324 g/mol. The summed E-state index contributed by atoms with van der Waals surface area (Å²) in [6.45, 7) is 3.94. The molecule has 0 unspecified atom stereocenters. The van der Waals surface area contributed by atoms with Gasteiger partial charge in [0.1, 0.15) is 5.82 Å². The summed E-state index contributed by atoms with van der Waals surface area (Å²) >= 11 is 0. The summed E-state index contributed by atoms with van der Waals surface area (Å²) in [5.41, 5.74) is 9.63. The van der Waals surface area contributed by atoms with E-state index >= 15 is 0 Å². The number of hydrogen-bond donors (Lipinski definition) is 2. The maximum Gasteiger partial charge on any atom is 0.257 e. The van der Waals surface area contributed by atoms with Crippen LogP contribution in [0.1, 0.15) is 21.7 Å². The first-order chi connectivity index (χ1) is 11.5. The van der Waals surface area contributed by atoms with Crippen molar-refractivity contribution >= 4 is 17.3 Å². The van der Waals surface area contributed by atoms with E-state index < -0.39 is 11.7 Å². The van der Waals surface area contributed by atoms with Crippen LogP contribution < -0.4 is 11.1 Å². The number of halogens is 1. The Morgan fingerprint density at radius 3 is 2.50 bits per heavy atom. The minimum absolute atomic E-state index is 0.111. The van der Waals surface area contributed by atoms with Gasteiger partial charge in [0.25, 0.3) is 5.91 Å². The predicted molar refractivity (Wildman–Crippen MR) is 91.8 cm³/mol. The minimum Gasteiger partial charge on any atom is -0.398 e. The van der Waals surface area contributed by atoms with Gasteiger partial charge >= 0.3 is 0 Å². The molecule has 3 N–H and O–H groups in total. The van der Waals surface area contributed by atoms with Crippen LogP contribution in [0.25, 0.3) is 5.69 Å². The second kappa shape index (κ2) is 6.16. The Kier molecular flexibility index (Phi) is 4.04. The summed E-state index contributed by atoms with van der Waals surface area (Å²) in [6.07, 6.45) is 1.76. The molecular weight excluding hydrogens is 307 g/mol. The molecule has 3 rings (SSSR count). The number of nitrogen functional groups attached to an aromatic ring is 1. The van der Waals surface area contributed by atoms with Crippen molar-refractivity contribution in [2.24, 2.45) is 0 Å². The van der Waals surface area contributed by atoms with Gasteiger partial charge in [0.05, 0.1) is 17.6 Å². The number of benzene rings is 2. The molecule has 0 radical (unpaired) electrons. The Morgan fingerprint density at radius 2 is 1.88 bits per heavy atom. The third kappa shape index (κ3) is 2.99. The van der Waals surface area contributed by atoms with Crippen LogP contribution in [0.3, 0.4) is 0 Å². The van der Waals surface area contributed by atoms with E-state index in [1.54, 1.807) is 18.5 Å². The van der Waals surface area contributed by atoms with Crippen molar-refractivity contribution in [3.05, 3.63) is 71.6 Å². The molecule has 3 aromatic rings. The summed E-state index contributed by atoms with van der Waals surface area (Å²) < 4.78 is 15.2. The third-order valence-corrected chi connectivity index (χ3v) is 3.92. The molecule has 0 saturated heterocycles. The number of imidazole rings is 1. The van der Waals surface area contributed by atoms with Crippen LogP contribution in [0.5, 0.6) is 0 Å². The Morgan fingerprint density at radius 1 is 1.17 bits per heavy atom. The number of carbonyl (C=O) groups excluding carboxylic acids is 1. The Labute approximate surface area is 138 Å².